The average Bonchev–Trinajstić information content (AvgIpc) is 2.15. The molecular formula is C9H10BrCl2NO. The molecule has 1 aromatic carbocycles. The van der Waals surface area contributed by atoms with Gasteiger partial charge in [0.05, 0.1) is 10.0 Å². The average molecular weight is 299 g/mol. The van der Waals surface area contributed by atoms with Crippen molar-refractivity contribution in [2.45, 2.75) is 19.4 Å². The summed E-state index contributed by atoms with van der Waals surface area (Å²) in [4.78, 5) is 0. The molecular weight excluding hydrogens is 289 g/mol. The lowest BCUT2D eigenvalue weighted by atomic mass is 10.0. The fourth-order valence-corrected chi connectivity index (χ4v) is 2.22. The van der Waals surface area contributed by atoms with Crippen LogP contribution in [0, 0.1) is 0 Å². The molecule has 0 saturated heterocycles. The minimum atomic E-state index is -0.308. The summed E-state index contributed by atoms with van der Waals surface area (Å²) in [5, 5.41) is 10.4. The molecule has 5 heteroatoms. The van der Waals surface area contributed by atoms with Crippen LogP contribution in [0.2, 0.25) is 10.0 Å². The van der Waals surface area contributed by atoms with E-state index in [1.807, 2.05) is 6.92 Å². The minimum absolute atomic E-state index is 0.0331. The van der Waals surface area contributed by atoms with Crippen LogP contribution < -0.4 is 5.73 Å². The van der Waals surface area contributed by atoms with Crippen LogP contribution in [0.25, 0.3) is 0 Å². The summed E-state index contributed by atoms with van der Waals surface area (Å²) in [7, 11) is 0. The van der Waals surface area contributed by atoms with Crippen LogP contribution in [0.4, 0.5) is 0 Å². The lowest BCUT2D eigenvalue weighted by molar-refractivity contribution is 0.460. The van der Waals surface area contributed by atoms with Crippen molar-refractivity contribution < 1.29 is 5.11 Å². The lowest BCUT2D eigenvalue weighted by Gasteiger charge is -2.15. The molecule has 0 aliphatic rings. The Morgan fingerprint density at radius 2 is 2.14 bits per heavy atom. The quantitative estimate of drug-likeness (QED) is 0.814. The molecule has 0 aromatic heterocycles. The van der Waals surface area contributed by atoms with E-state index in [1.165, 1.54) is 0 Å². The van der Waals surface area contributed by atoms with E-state index in [9.17, 15) is 5.11 Å². The summed E-state index contributed by atoms with van der Waals surface area (Å²) in [6.07, 6.45) is 0.681. The maximum absolute atomic E-state index is 9.69. The number of hydrogen-bond acceptors (Lipinski definition) is 2. The third kappa shape index (κ3) is 2.16. The van der Waals surface area contributed by atoms with Crippen molar-refractivity contribution in [1.29, 1.82) is 0 Å². The number of phenols is 1. The molecule has 1 aromatic rings. The Morgan fingerprint density at radius 1 is 1.57 bits per heavy atom. The van der Waals surface area contributed by atoms with Crippen LogP contribution in [0.5, 0.6) is 5.75 Å². The number of nitrogens with two attached hydrogens (primary N) is 1. The van der Waals surface area contributed by atoms with Crippen LogP contribution in [0.3, 0.4) is 0 Å². The maximum atomic E-state index is 9.69. The molecule has 0 aliphatic heterocycles. The predicted molar refractivity (Wildman–Crippen MR) is 63.0 cm³/mol. The van der Waals surface area contributed by atoms with E-state index in [-0.39, 0.29) is 16.8 Å². The molecule has 0 amide bonds. The highest BCUT2D eigenvalue weighted by molar-refractivity contribution is 9.10. The van der Waals surface area contributed by atoms with Gasteiger partial charge in [0.15, 0.2) is 0 Å². The van der Waals surface area contributed by atoms with Gasteiger partial charge in [-0.1, -0.05) is 30.1 Å². The van der Waals surface area contributed by atoms with E-state index in [0.29, 0.717) is 21.5 Å². The van der Waals surface area contributed by atoms with Gasteiger partial charge in [0.2, 0.25) is 0 Å². The molecule has 14 heavy (non-hydrogen) atoms. The molecule has 0 bridgehead atoms. The molecule has 0 heterocycles. The van der Waals surface area contributed by atoms with Crippen molar-refractivity contribution in [3.8, 4) is 5.75 Å². The Kier molecular flexibility index (Phi) is 4.07. The summed E-state index contributed by atoms with van der Waals surface area (Å²) in [5.41, 5.74) is 6.30. The molecule has 3 N–H and O–H groups in total. The van der Waals surface area contributed by atoms with Gasteiger partial charge in [-0.3, -0.25) is 0 Å². The molecule has 0 fully saturated rings. The van der Waals surface area contributed by atoms with Crippen molar-refractivity contribution in [3.63, 3.8) is 0 Å². The molecule has 0 aliphatic carbocycles. The van der Waals surface area contributed by atoms with E-state index >= 15 is 0 Å². The molecule has 2 nitrogen and oxygen atoms in total. The molecule has 1 atom stereocenters. The van der Waals surface area contributed by atoms with Gasteiger partial charge in [0, 0.05) is 16.1 Å². The van der Waals surface area contributed by atoms with Crippen molar-refractivity contribution in [2.75, 3.05) is 0 Å². The van der Waals surface area contributed by atoms with Gasteiger partial charge in [0.1, 0.15) is 5.75 Å². The van der Waals surface area contributed by atoms with Crippen molar-refractivity contribution >= 4 is 39.1 Å². The van der Waals surface area contributed by atoms with Gasteiger partial charge in [-0.25, -0.2) is 0 Å². The first-order valence-corrected chi connectivity index (χ1v) is 5.65. The predicted octanol–water partition coefficient (Wildman–Crippen LogP) is 3.87. The zero-order valence-corrected chi connectivity index (χ0v) is 10.6. The van der Waals surface area contributed by atoms with E-state index in [4.69, 9.17) is 28.9 Å². The van der Waals surface area contributed by atoms with Crippen LogP contribution in [0.15, 0.2) is 10.5 Å². The first-order valence-electron chi connectivity index (χ1n) is 4.11. The molecule has 78 valence electrons. The third-order valence-corrected chi connectivity index (χ3v) is 3.54. The fourth-order valence-electron chi connectivity index (χ4n) is 1.15. The highest BCUT2D eigenvalue weighted by Crippen LogP contribution is 2.41. The number of phenolic OH excluding ortho intramolecular Hbond substituents is 1. The van der Waals surface area contributed by atoms with Gasteiger partial charge < -0.3 is 10.8 Å². The highest BCUT2D eigenvalue weighted by atomic mass is 79.9. The smallest absolute Gasteiger partial charge is 0.140 e. The summed E-state index contributed by atoms with van der Waals surface area (Å²) in [6, 6.07) is 1.24. The molecule has 1 rings (SSSR count). The fraction of sp³-hybridized carbons (Fsp3) is 0.333. The van der Waals surface area contributed by atoms with E-state index < -0.39 is 0 Å². The van der Waals surface area contributed by atoms with Crippen LogP contribution in [0.1, 0.15) is 24.9 Å². The van der Waals surface area contributed by atoms with Crippen molar-refractivity contribution in [3.05, 3.63) is 26.1 Å². The van der Waals surface area contributed by atoms with Gasteiger partial charge in [-0.2, -0.15) is 0 Å². The number of benzene rings is 1. The number of hydrogen-bond donors (Lipinski definition) is 2. The number of halogens is 3. The normalized spacial score (nSPS) is 12.9. The second kappa shape index (κ2) is 4.71. The van der Waals surface area contributed by atoms with Crippen LogP contribution >= 0.6 is 39.1 Å². The Labute approximate surface area is 101 Å². The van der Waals surface area contributed by atoms with Crippen LogP contribution in [-0.2, 0) is 0 Å². The van der Waals surface area contributed by atoms with Gasteiger partial charge in [-0.15, -0.1) is 0 Å². The Balaban J connectivity index is 3.39. The van der Waals surface area contributed by atoms with Gasteiger partial charge >= 0.3 is 0 Å². The standard InChI is InChI=1S/C9H10BrCl2NO/c1-2-6(13)7-8(12)4(10)3-5(11)9(7)14/h3,6,14H,2,13H2,1H3. The second-order valence-electron chi connectivity index (χ2n) is 2.93. The summed E-state index contributed by atoms with van der Waals surface area (Å²) >= 11 is 15.0. The van der Waals surface area contributed by atoms with E-state index in [1.54, 1.807) is 6.07 Å². The first-order chi connectivity index (χ1) is 6.49. The van der Waals surface area contributed by atoms with E-state index in [2.05, 4.69) is 15.9 Å². The lowest BCUT2D eigenvalue weighted by Crippen LogP contribution is -2.09. The highest BCUT2D eigenvalue weighted by Gasteiger charge is 2.18. The van der Waals surface area contributed by atoms with Crippen molar-refractivity contribution in [1.82, 2.24) is 0 Å². The van der Waals surface area contributed by atoms with Crippen LogP contribution in [-0.4, -0.2) is 5.11 Å². The Hall–Kier alpha value is 0.0400. The Morgan fingerprint density at radius 3 is 2.64 bits per heavy atom. The Bertz CT molecular complexity index is 331. The minimum Gasteiger partial charge on any atom is -0.506 e. The molecule has 0 saturated carbocycles. The molecule has 0 spiro atoms. The van der Waals surface area contributed by atoms with Crippen molar-refractivity contribution in [2.24, 2.45) is 5.73 Å². The number of rotatable bonds is 2. The summed E-state index contributed by atoms with van der Waals surface area (Å²) < 4.78 is 0.640. The maximum Gasteiger partial charge on any atom is 0.140 e. The summed E-state index contributed by atoms with van der Waals surface area (Å²) in [5.74, 6) is -0.0331. The SMILES string of the molecule is CCC(N)c1c(O)c(Cl)cc(Br)c1Cl. The van der Waals surface area contributed by atoms with Gasteiger partial charge in [0.25, 0.3) is 0 Å². The monoisotopic (exact) mass is 297 g/mol. The van der Waals surface area contributed by atoms with E-state index in [0.717, 1.165) is 0 Å². The number of aromatic hydroxyl groups is 1. The summed E-state index contributed by atoms with van der Waals surface area (Å²) in [6.45, 7) is 1.91. The first kappa shape index (κ1) is 12.1. The largest absolute Gasteiger partial charge is 0.506 e. The molecule has 1 unspecified atom stereocenters. The van der Waals surface area contributed by atoms with Gasteiger partial charge in [-0.05, 0) is 28.4 Å². The zero-order chi connectivity index (χ0) is 10.9. The topological polar surface area (TPSA) is 46.2 Å². The second-order valence-corrected chi connectivity index (χ2v) is 4.57. The third-order valence-electron chi connectivity index (χ3n) is 1.99. The zero-order valence-electron chi connectivity index (χ0n) is 7.52. The molecule has 0 radical (unpaired) electrons.